The third-order valence-electron chi connectivity index (χ3n) is 4.04. The maximum Gasteiger partial charge on any atom is 0.245 e. The fourth-order valence-electron chi connectivity index (χ4n) is 2.59. The van der Waals surface area contributed by atoms with Crippen LogP contribution in [-0.2, 0) is 6.54 Å². The molecule has 10 heteroatoms. The van der Waals surface area contributed by atoms with Gasteiger partial charge in [-0.15, -0.1) is 0 Å². The van der Waals surface area contributed by atoms with Crippen LogP contribution in [-0.4, -0.2) is 38.7 Å². The first-order valence-electron chi connectivity index (χ1n) is 8.68. The van der Waals surface area contributed by atoms with Gasteiger partial charge in [0.2, 0.25) is 11.3 Å². The summed E-state index contributed by atoms with van der Waals surface area (Å²) < 4.78 is 9.78. The highest BCUT2D eigenvalue weighted by Gasteiger charge is 2.12. The second-order valence-electron chi connectivity index (χ2n) is 5.94. The Morgan fingerprint density at radius 3 is 2.55 bits per heavy atom. The van der Waals surface area contributed by atoms with Crippen molar-refractivity contribution in [1.29, 1.82) is 0 Å². The van der Waals surface area contributed by atoms with Crippen molar-refractivity contribution in [2.24, 2.45) is 5.10 Å². The number of phenols is 1. The van der Waals surface area contributed by atoms with Crippen molar-refractivity contribution in [3.8, 4) is 11.5 Å². The summed E-state index contributed by atoms with van der Waals surface area (Å²) in [6.07, 6.45) is 1.45. The Kier molecular flexibility index (Phi) is 5.14. The van der Waals surface area contributed by atoms with E-state index in [1.165, 1.54) is 13.3 Å². The minimum atomic E-state index is -0.00906. The third-order valence-corrected chi connectivity index (χ3v) is 4.04. The second kappa shape index (κ2) is 8.21. The topological polar surface area (TPSA) is 131 Å². The molecule has 0 spiro atoms. The summed E-state index contributed by atoms with van der Waals surface area (Å²) in [7, 11) is 1.48. The van der Waals surface area contributed by atoms with Crippen LogP contribution in [0.4, 0.5) is 11.6 Å². The van der Waals surface area contributed by atoms with Gasteiger partial charge in [-0.2, -0.15) is 10.1 Å². The Bertz CT molecular complexity index is 1150. The molecular weight excluding hydrogens is 374 g/mol. The summed E-state index contributed by atoms with van der Waals surface area (Å²) in [5.41, 5.74) is 4.89. The predicted molar refractivity (Wildman–Crippen MR) is 107 cm³/mol. The molecule has 2 aromatic carbocycles. The number of nitrogens with one attached hydrogen (secondary N) is 2. The maximum absolute atomic E-state index is 10.1. The molecule has 0 aliphatic carbocycles. The lowest BCUT2D eigenvalue weighted by atomic mass is 10.2. The number of phenolic OH excluding ortho intramolecular Hbond substituents is 1. The van der Waals surface area contributed by atoms with Crippen molar-refractivity contribution in [2.75, 3.05) is 17.9 Å². The fourth-order valence-corrected chi connectivity index (χ4v) is 2.59. The van der Waals surface area contributed by atoms with Gasteiger partial charge in [-0.05, 0) is 28.0 Å². The van der Waals surface area contributed by atoms with Crippen molar-refractivity contribution in [3.63, 3.8) is 0 Å². The van der Waals surface area contributed by atoms with Crippen LogP contribution >= 0.6 is 0 Å². The van der Waals surface area contributed by atoms with E-state index in [1.54, 1.807) is 18.2 Å². The van der Waals surface area contributed by atoms with Gasteiger partial charge in [-0.1, -0.05) is 36.4 Å². The summed E-state index contributed by atoms with van der Waals surface area (Å²) in [5, 5.41) is 24.9. The molecule has 4 aromatic rings. The summed E-state index contributed by atoms with van der Waals surface area (Å²) >= 11 is 0. The Balaban J connectivity index is 1.57. The Hall–Kier alpha value is -4.21. The summed E-state index contributed by atoms with van der Waals surface area (Å²) in [6.45, 7) is 0.529. The molecule has 0 saturated heterocycles. The van der Waals surface area contributed by atoms with Gasteiger partial charge in [0.05, 0.1) is 13.3 Å². The van der Waals surface area contributed by atoms with Gasteiger partial charge in [-0.25, -0.2) is 9.61 Å². The lowest BCUT2D eigenvalue weighted by Crippen LogP contribution is -2.07. The minimum absolute atomic E-state index is 0.00906. The molecule has 146 valence electrons. The first-order valence-corrected chi connectivity index (χ1v) is 8.68. The van der Waals surface area contributed by atoms with Crippen molar-refractivity contribution < 1.29 is 14.5 Å². The summed E-state index contributed by atoms with van der Waals surface area (Å²) in [6, 6.07) is 15.0. The van der Waals surface area contributed by atoms with E-state index in [-0.39, 0.29) is 17.0 Å². The van der Waals surface area contributed by atoms with Crippen LogP contribution in [0.3, 0.4) is 0 Å². The molecule has 10 nitrogen and oxygen atoms in total. The Labute approximate surface area is 165 Å². The number of aromatic hydroxyl groups is 1. The molecule has 0 aliphatic rings. The van der Waals surface area contributed by atoms with Gasteiger partial charge < -0.3 is 15.2 Å². The van der Waals surface area contributed by atoms with Crippen LogP contribution in [0.1, 0.15) is 11.1 Å². The molecule has 0 atom stereocenters. The molecule has 0 amide bonds. The zero-order valence-electron chi connectivity index (χ0n) is 15.4. The lowest BCUT2D eigenvalue weighted by molar-refractivity contribution is 0.314. The lowest BCUT2D eigenvalue weighted by Gasteiger charge is -2.09. The number of rotatable bonds is 7. The number of anilines is 2. The maximum atomic E-state index is 10.1. The number of hydrogen-bond donors (Lipinski definition) is 3. The molecule has 29 heavy (non-hydrogen) atoms. The predicted octanol–water partition coefficient (Wildman–Crippen LogP) is 2.79. The van der Waals surface area contributed by atoms with Crippen molar-refractivity contribution >= 4 is 29.1 Å². The van der Waals surface area contributed by atoms with Crippen molar-refractivity contribution in [2.45, 2.75) is 6.54 Å². The van der Waals surface area contributed by atoms with Crippen LogP contribution in [0.5, 0.6) is 11.5 Å². The van der Waals surface area contributed by atoms with Crippen molar-refractivity contribution in [1.82, 2.24) is 20.3 Å². The Morgan fingerprint density at radius 2 is 1.79 bits per heavy atom. The van der Waals surface area contributed by atoms with E-state index < -0.39 is 0 Å². The number of fused-ring (bicyclic) bond motifs is 1. The average molecular weight is 391 g/mol. The molecule has 0 aliphatic heterocycles. The van der Waals surface area contributed by atoms with E-state index in [2.05, 4.69) is 40.8 Å². The fraction of sp³-hybridized carbons (Fsp3) is 0.105. The molecule has 0 bridgehead atoms. The summed E-state index contributed by atoms with van der Waals surface area (Å²) in [4.78, 5) is 8.70. The van der Waals surface area contributed by atoms with Gasteiger partial charge in [0.25, 0.3) is 0 Å². The molecule has 3 N–H and O–H groups in total. The molecule has 0 saturated carbocycles. The largest absolute Gasteiger partial charge is 0.504 e. The van der Waals surface area contributed by atoms with Crippen LogP contribution in [0.25, 0.3) is 11.3 Å². The van der Waals surface area contributed by atoms with Crippen LogP contribution < -0.4 is 15.5 Å². The average Bonchev–Trinajstić information content (AvgIpc) is 3.21. The number of benzene rings is 2. The van der Waals surface area contributed by atoms with Crippen molar-refractivity contribution in [3.05, 3.63) is 59.7 Å². The Morgan fingerprint density at radius 1 is 1.03 bits per heavy atom. The van der Waals surface area contributed by atoms with E-state index >= 15 is 0 Å². The van der Waals surface area contributed by atoms with E-state index in [9.17, 15) is 5.11 Å². The molecular formula is C19H17N7O3. The van der Waals surface area contributed by atoms with Gasteiger partial charge >= 0.3 is 0 Å². The van der Waals surface area contributed by atoms with E-state index in [0.717, 1.165) is 5.56 Å². The normalized spacial score (nSPS) is 11.1. The molecule has 0 fully saturated rings. The van der Waals surface area contributed by atoms with Gasteiger partial charge in [-0.3, -0.25) is 5.43 Å². The third kappa shape index (κ3) is 4.05. The number of methoxy groups -OCH3 is 1. The highest BCUT2D eigenvalue weighted by molar-refractivity contribution is 5.85. The highest BCUT2D eigenvalue weighted by atomic mass is 16.6. The van der Waals surface area contributed by atoms with E-state index in [0.29, 0.717) is 29.5 Å². The van der Waals surface area contributed by atoms with E-state index in [4.69, 9.17) is 4.74 Å². The molecule has 2 heterocycles. The number of hydrazone groups is 1. The second-order valence-corrected chi connectivity index (χ2v) is 5.94. The zero-order chi connectivity index (χ0) is 20.1. The zero-order valence-corrected chi connectivity index (χ0v) is 15.4. The first-order chi connectivity index (χ1) is 14.2. The molecule has 0 unspecified atom stereocenters. The monoisotopic (exact) mass is 391 g/mol. The molecule has 2 aromatic heterocycles. The smallest absolute Gasteiger partial charge is 0.245 e. The number of hydrogen-bond acceptors (Lipinski definition) is 10. The van der Waals surface area contributed by atoms with Crippen LogP contribution in [0, 0.1) is 0 Å². The number of ether oxygens (including phenoxy) is 1. The van der Waals surface area contributed by atoms with Gasteiger partial charge in [0.1, 0.15) is 0 Å². The van der Waals surface area contributed by atoms with Gasteiger partial charge in [0.15, 0.2) is 23.1 Å². The first kappa shape index (κ1) is 18.2. The standard InChI is InChI=1S/C19H17N7O3/c1-28-14-9-5-8-13(15(14)27)11-21-24-17-16(20-10-12-6-3-2-4-7-12)22-18-19(23-17)26-29-25-18/h2-9,11,27H,10H2,1H3,(H,20,22,25)(H,23,24,26). The van der Waals surface area contributed by atoms with Crippen LogP contribution in [0.15, 0.2) is 58.3 Å². The molecule has 4 rings (SSSR count). The van der Waals surface area contributed by atoms with Gasteiger partial charge in [0, 0.05) is 12.1 Å². The number of nitrogens with zero attached hydrogens (tertiary/aromatic N) is 5. The molecule has 0 radical (unpaired) electrons. The SMILES string of the molecule is COc1cccc(C=NNc2nc3nonc3nc2NCc2ccccc2)c1O. The minimum Gasteiger partial charge on any atom is -0.504 e. The number of aromatic nitrogens is 4. The van der Waals surface area contributed by atoms with Crippen LogP contribution in [0.2, 0.25) is 0 Å². The quantitative estimate of drug-likeness (QED) is 0.321. The van der Waals surface area contributed by atoms with E-state index in [1.807, 2.05) is 30.3 Å². The summed E-state index contributed by atoms with van der Waals surface area (Å²) in [5.74, 6) is 1.12. The number of para-hydroxylation sites is 1. The highest BCUT2D eigenvalue weighted by Crippen LogP contribution is 2.28.